The minimum absolute atomic E-state index is 0.713. The molecule has 0 bridgehead atoms. The monoisotopic (exact) mass is 343 g/mol. The first-order chi connectivity index (χ1) is 11.8. The average molecular weight is 343 g/mol. The van der Waals surface area contributed by atoms with Crippen molar-refractivity contribution in [2.45, 2.75) is 0 Å². The van der Waals surface area contributed by atoms with Crippen LogP contribution < -0.4 is 14.3 Å². The predicted molar refractivity (Wildman–Crippen MR) is 94.0 cm³/mol. The minimum atomic E-state index is 0.713. The fraction of sp³-hybridized carbons (Fsp3) is 0.176. The molecule has 3 aromatic rings. The Bertz CT molecular complexity index is 908. The van der Waals surface area contributed by atoms with Crippen molar-refractivity contribution in [1.29, 1.82) is 0 Å². The van der Waals surface area contributed by atoms with E-state index in [2.05, 4.69) is 10.1 Å². The lowest BCUT2D eigenvalue weighted by Gasteiger charge is -2.07. The number of thiazole rings is 1. The van der Waals surface area contributed by atoms with Gasteiger partial charge in [0, 0.05) is 18.0 Å². The van der Waals surface area contributed by atoms with E-state index in [9.17, 15) is 0 Å². The molecule has 2 aromatic heterocycles. The normalized spacial score (nSPS) is 12.0. The summed E-state index contributed by atoms with van der Waals surface area (Å²) in [4.78, 5) is 5.02. The third-order valence-corrected chi connectivity index (χ3v) is 4.31. The van der Waals surface area contributed by atoms with Gasteiger partial charge in [0.15, 0.2) is 5.76 Å². The Labute approximate surface area is 143 Å². The van der Waals surface area contributed by atoms with Gasteiger partial charge >= 0.3 is 0 Å². The Balaban J connectivity index is 2.06. The first kappa shape index (κ1) is 16.1. The van der Waals surface area contributed by atoms with E-state index in [1.807, 2.05) is 35.7 Å². The molecule has 0 amide bonds. The zero-order chi connectivity index (χ0) is 16.9. The number of methoxy groups -OCH3 is 2. The van der Waals surface area contributed by atoms with Gasteiger partial charge in [-0.25, -0.2) is 4.68 Å². The number of nitrogens with zero attached hydrogens (tertiary/aromatic N) is 3. The number of furan rings is 1. The second-order valence-corrected chi connectivity index (χ2v) is 5.61. The Kier molecular flexibility index (Phi) is 4.81. The SMILES string of the molecule is CN=c1scc(-c2ccco2)n1N=Cc1cc(OC)ccc1OC. The first-order valence-corrected chi connectivity index (χ1v) is 8.08. The number of rotatable bonds is 5. The number of benzene rings is 1. The van der Waals surface area contributed by atoms with Crippen LogP contribution in [-0.2, 0) is 0 Å². The van der Waals surface area contributed by atoms with Crippen LogP contribution >= 0.6 is 11.3 Å². The topological polar surface area (TPSA) is 61.2 Å². The lowest BCUT2D eigenvalue weighted by atomic mass is 10.2. The van der Waals surface area contributed by atoms with Gasteiger partial charge in [-0.3, -0.25) is 4.99 Å². The molecule has 0 radical (unpaired) electrons. The van der Waals surface area contributed by atoms with Gasteiger partial charge in [0.1, 0.15) is 17.2 Å². The highest BCUT2D eigenvalue weighted by atomic mass is 32.1. The van der Waals surface area contributed by atoms with Crippen LogP contribution in [-0.4, -0.2) is 32.2 Å². The van der Waals surface area contributed by atoms with Gasteiger partial charge in [-0.2, -0.15) is 5.10 Å². The fourth-order valence-corrected chi connectivity index (χ4v) is 3.00. The molecule has 0 N–H and O–H groups in total. The molecule has 0 aliphatic rings. The van der Waals surface area contributed by atoms with E-state index in [1.165, 1.54) is 11.3 Å². The van der Waals surface area contributed by atoms with E-state index in [4.69, 9.17) is 13.9 Å². The van der Waals surface area contributed by atoms with E-state index in [-0.39, 0.29) is 0 Å². The summed E-state index contributed by atoms with van der Waals surface area (Å²) in [5, 5.41) is 6.52. The van der Waals surface area contributed by atoms with Gasteiger partial charge < -0.3 is 13.9 Å². The molecule has 0 unspecified atom stereocenters. The Morgan fingerprint density at radius 1 is 1.21 bits per heavy atom. The zero-order valence-electron chi connectivity index (χ0n) is 13.6. The lowest BCUT2D eigenvalue weighted by molar-refractivity contribution is 0.402. The molecule has 0 fully saturated rings. The van der Waals surface area contributed by atoms with Crippen LogP contribution in [0.3, 0.4) is 0 Å². The second kappa shape index (κ2) is 7.18. The molecule has 2 heterocycles. The average Bonchev–Trinajstić information content (AvgIpc) is 3.28. The molecule has 0 spiro atoms. The van der Waals surface area contributed by atoms with Crippen molar-refractivity contribution in [3.8, 4) is 23.0 Å². The second-order valence-electron chi connectivity index (χ2n) is 4.77. The quantitative estimate of drug-likeness (QED) is 0.668. The van der Waals surface area contributed by atoms with E-state index < -0.39 is 0 Å². The van der Waals surface area contributed by atoms with Crippen LogP contribution in [0.25, 0.3) is 11.5 Å². The molecule has 0 saturated heterocycles. The molecule has 24 heavy (non-hydrogen) atoms. The lowest BCUT2D eigenvalue weighted by Crippen LogP contribution is -2.11. The van der Waals surface area contributed by atoms with Crippen molar-refractivity contribution in [3.63, 3.8) is 0 Å². The van der Waals surface area contributed by atoms with Gasteiger partial charge in [0.25, 0.3) is 0 Å². The largest absolute Gasteiger partial charge is 0.497 e. The van der Waals surface area contributed by atoms with Crippen LogP contribution in [0, 0.1) is 0 Å². The minimum Gasteiger partial charge on any atom is -0.497 e. The van der Waals surface area contributed by atoms with Crippen LogP contribution in [0.1, 0.15) is 5.56 Å². The zero-order valence-corrected chi connectivity index (χ0v) is 14.4. The number of ether oxygens (including phenoxy) is 2. The summed E-state index contributed by atoms with van der Waals surface area (Å²) in [5.41, 5.74) is 1.65. The van der Waals surface area contributed by atoms with Gasteiger partial charge in [0.2, 0.25) is 4.80 Å². The van der Waals surface area contributed by atoms with E-state index in [0.717, 1.165) is 27.6 Å². The van der Waals surface area contributed by atoms with Crippen LogP contribution in [0.2, 0.25) is 0 Å². The van der Waals surface area contributed by atoms with E-state index in [1.54, 1.807) is 38.4 Å². The maximum absolute atomic E-state index is 5.48. The standard InChI is InChI=1S/C17H17N3O3S/c1-18-17-20(14(11-24-17)16-5-4-8-23-16)19-10-12-9-13(21-2)6-7-15(12)22-3/h4-11H,1-3H3. The Hall–Kier alpha value is -2.80. The fourth-order valence-electron chi connectivity index (χ4n) is 2.22. The van der Waals surface area contributed by atoms with Gasteiger partial charge in [-0.15, -0.1) is 11.3 Å². The smallest absolute Gasteiger partial charge is 0.206 e. The molecular weight excluding hydrogens is 326 g/mol. The summed E-state index contributed by atoms with van der Waals surface area (Å²) < 4.78 is 17.9. The molecule has 0 atom stereocenters. The van der Waals surface area contributed by atoms with Crippen LogP contribution in [0.15, 0.2) is 56.5 Å². The van der Waals surface area contributed by atoms with Gasteiger partial charge in [0.05, 0.1) is 26.7 Å². The highest BCUT2D eigenvalue weighted by Gasteiger charge is 2.10. The first-order valence-electron chi connectivity index (χ1n) is 7.20. The molecule has 0 aliphatic carbocycles. The molecule has 124 valence electrons. The van der Waals surface area contributed by atoms with Crippen LogP contribution in [0.5, 0.6) is 11.5 Å². The molecule has 6 nitrogen and oxygen atoms in total. The van der Waals surface area contributed by atoms with Gasteiger partial charge in [-0.05, 0) is 30.3 Å². The predicted octanol–water partition coefficient (Wildman–Crippen LogP) is 3.24. The summed E-state index contributed by atoms with van der Waals surface area (Å²) in [6.07, 6.45) is 3.35. The van der Waals surface area contributed by atoms with Crippen molar-refractivity contribution >= 4 is 17.6 Å². The number of hydrogen-bond acceptors (Lipinski definition) is 6. The molecule has 3 rings (SSSR count). The van der Waals surface area contributed by atoms with Crippen molar-refractivity contribution in [1.82, 2.24) is 4.68 Å². The highest BCUT2D eigenvalue weighted by Crippen LogP contribution is 2.23. The number of aromatic nitrogens is 1. The third kappa shape index (κ3) is 3.11. The Morgan fingerprint density at radius 3 is 2.75 bits per heavy atom. The third-order valence-electron chi connectivity index (χ3n) is 3.40. The Morgan fingerprint density at radius 2 is 2.08 bits per heavy atom. The molecule has 7 heteroatoms. The molecule has 0 saturated carbocycles. The summed E-state index contributed by atoms with van der Waals surface area (Å²) in [7, 11) is 4.98. The van der Waals surface area contributed by atoms with Gasteiger partial charge in [-0.1, -0.05) is 0 Å². The van der Waals surface area contributed by atoms with Crippen molar-refractivity contribution in [2.24, 2.45) is 10.1 Å². The highest BCUT2D eigenvalue weighted by molar-refractivity contribution is 7.07. The molecule has 0 aliphatic heterocycles. The maximum Gasteiger partial charge on any atom is 0.206 e. The summed E-state index contributed by atoms with van der Waals surface area (Å²) >= 11 is 1.49. The summed E-state index contributed by atoms with van der Waals surface area (Å²) in [6, 6.07) is 9.28. The maximum atomic E-state index is 5.48. The summed E-state index contributed by atoms with van der Waals surface area (Å²) in [5.74, 6) is 2.18. The van der Waals surface area contributed by atoms with E-state index >= 15 is 0 Å². The van der Waals surface area contributed by atoms with Crippen molar-refractivity contribution < 1.29 is 13.9 Å². The van der Waals surface area contributed by atoms with Crippen molar-refractivity contribution in [2.75, 3.05) is 21.3 Å². The molecular formula is C17H17N3O3S. The van der Waals surface area contributed by atoms with E-state index in [0.29, 0.717) is 5.75 Å². The molecule has 1 aromatic carbocycles. The number of hydrogen-bond donors (Lipinski definition) is 0. The summed E-state index contributed by atoms with van der Waals surface area (Å²) in [6.45, 7) is 0. The van der Waals surface area contributed by atoms with Crippen molar-refractivity contribution in [3.05, 3.63) is 52.3 Å². The van der Waals surface area contributed by atoms with Crippen LogP contribution in [0.4, 0.5) is 0 Å².